The molecule has 0 unspecified atom stereocenters. The Bertz CT molecular complexity index is 349. The Balaban J connectivity index is 4.57. The largest absolute Gasteiger partial charge is 0.401 e. The lowest BCUT2D eigenvalue weighted by molar-refractivity contribution is -0.148. The van der Waals surface area contributed by atoms with Crippen LogP contribution in [0.5, 0.6) is 0 Å². The zero-order valence-corrected chi connectivity index (χ0v) is 11.6. The Hall–Kier alpha value is -1.29. The summed E-state index contributed by atoms with van der Waals surface area (Å²) in [5.74, 6) is -0.719. The minimum Gasteiger partial charge on any atom is -0.337 e. The fraction of sp³-hybridized carbons (Fsp3) is 0.833. The van der Waals surface area contributed by atoms with E-state index in [0.29, 0.717) is 0 Å². The van der Waals surface area contributed by atoms with Gasteiger partial charge < -0.3 is 5.32 Å². The predicted octanol–water partition coefficient (Wildman–Crippen LogP) is 1.93. The second-order valence-corrected chi connectivity index (χ2v) is 4.94. The van der Waals surface area contributed by atoms with Gasteiger partial charge in [-0.25, -0.2) is 0 Å². The van der Waals surface area contributed by atoms with Gasteiger partial charge in [-0.1, -0.05) is 20.8 Å². The van der Waals surface area contributed by atoms with E-state index in [9.17, 15) is 18.0 Å². The van der Waals surface area contributed by atoms with Gasteiger partial charge in [0.05, 0.1) is 19.2 Å². The molecule has 0 saturated carbocycles. The minimum atomic E-state index is -4.34. The maximum Gasteiger partial charge on any atom is 0.401 e. The number of likely N-dealkylation sites (N-methyl/N-ethyl adjacent to an activating group) is 1. The Kier molecular flexibility index (Phi) is 6.30. The molecule has 1 atom stereocenters. The maximum atomic E-state index is 12.2. The lowest BCUT2D eigenvalue weighted by Gasteiger charge is -2.29. The summed E-state index contributed by atoms with van der Waals surface area (Å²) >= 11 is 0. The summed E-state index contributed by atoms with van der Waals surface area (Å²) in [5, 5.41) is 11.5. The van der Waals surface area contributed by atoms with E-state index in [1.807, 2.05) is 6.07 Å². The molecule has 0 fully saturated rings. The Morgan fingerprint density at radius 1 is 1.42 bits per heavy atom. The lowest BCUT2D eigenvalue weighted by Crippen LogP contribution is -2.52. The highest BCUT2D eigenvalue weighted by molar-refractivity contribution is 5.79. The number of carbonyl (C=O) groups is 1. The van der Waals surface area contributed by atoms with Crippen LogP contribution in [0.2, 0.25) is 0 Å². The van der Waals surface area contributed by atoms with Gasteiger partial charge in [0.15, 0.2) is 0 Å². The standard InChI is InChI=1S/C12H20F3N3O/c1-5-18(8-12(13,14)15)6-10(19)17-11(4,7-16)9(2)3/h9H,5-6,8H2,1-4H3,(H,17,19)/t11-/m0/s1. The van der Waals surface area contributed by atoms with Gasteiger partial charge in [-0.15, -0.1) is 0 Å². The van der Waals surface area contributed by atoms with E-state index in [1.54, 1.807) is 27.7 Å². The molecule has 1 amide bonds. The van der Waals surface area contributed by atoms with E-state index in [0.717, 1.165) is 4.90 Å². The Morgan fingerprint density at radius 3 is 2.26 bits per heavy atom. The molecule has 7 heteroatoms. The van der Waals surface area contributed by atoms with Crippen molar-refractivity contribution >= 4 is 5.91 Å². The number of rotatable bonds is 6. The lowest BCUT2D eigenvalue weighted by atomic mass is 9.90. The molecule has 0 aromatic carbocycles. The maximum absolute atomic E-state index is 12.2. The van der Waals surface area contributed by atoms with Gasteiger partial charge >= 0.3 is 6.18 Å². The average Bonchev–Trinajstić information content (AvgIpc) is 2.25. The molecule has 1 N–H and O–H groups in total. The summed E-state index contributed by atoms with van der Waals surface area (Å²) < 4.78 is 36.7. The van der Waals surface area contributed by atoms with Crippen molar-refractivity contribution in [3.63, 3.8) is 0 Å². The molecule has 4 nitrogen and oxygen atoms in total. The van der Waals surface area contributed by atoms with Crippen molar-refractivity contribution in [2.75, 3.05) is 19.6 Å². The van der Waals surface area contributed by atoms with Crippen LogP contribution in [0.25, 0.3) is 0 Å². The third-order valence-electron chi connectivity index (χ3n) is 3.00. The minimum absolute atomic E-state index is 0.109. The summed E-state index contributed by atoms with van der Waals surface area (Å²) in [5.41, 5.74) is -1.07. The number of hydrogen-bond acceptors (Lipinski definition) is 3. The van der Waals surface area contributed by atoms with Crippen LogP contribution >= 0.6 is 0 Å². The molecule has 0 aromatic rings. The van der Waals surface area contributed by atoms with Crippen LogP contribution in [0.3, 0.4) is 0 Å². The normalized spacial score (nSPS) is 15.2. The molecule has 0 heterocycles. The first-order chi connectivity index (χ1) is 8.54. The first-order valence-corrected chi connectivity index (χ1v) is 6.05. The molecule has 19 heavy (non-hydrogen) atoms. The van der Waals surface area contributed by atoms with Crippen LogP contribution in [-0.2, 0) is 4.79 Å². The number of halogens is 3. The number of hydrogen-bond donors (Lipinski definition) is 1. The first-order valence-electron chi connectivity index (χ1n) is 6.05. The predicted molar refractivity (Wildman–Crippen MR) is 65.2 cm³/mol. The van der Waals surface area contributed by atoms with Crippen LogP contribution in [0, 0.1) is 17.2 Å². The van der Waals surface area contributed by atoms with Crippen molar-refractivity contribution in [2.24, 2.45) is 5.92 Å². The van der Waals surface area contributed by atoms with Gasteiger partial charge in [-0.05, 0) is 19.4 Å². The van der Waals surface area contributed by atoms with Crippen LogP contribution < -0.4 is 5.32 Å². The molecule has 0 aromatic heterocycles. The zero-order valence-electron chi connectivity index (χ0n) is 11.6. The summed E-state index contributed by atoms with van der Waals surface area (Å²) in [4.78, 5) is 12.7. The summed E-state index contributed by atoms with van der Waals surface area (Å²) in [7, 11) is 0. The van der Waals surface area contributed by atoms with E-state index in [-0.39, 0.29) is 19.0 Å². The number of carbonyl (C=O) groups excluding carboxylic acids is 1. The molecule has 0 aliphatic carbocycles. The van der Waals surface area contributed by atoms with Crippen LogP contribution in [0.4, 0.5) is 13.2 Å². The second-order valence-electron chi connectivity index (χ2n) is 4.94. The van der Waals surface area contributed by atoms with Gasteiger partial charge in [-0.3, -0.25) is 9.69 Å². The van der Waals surface area contributed by atoms with E-state index < -0.39 is 24.2 Å². The number of amides is 1. The second kappa shape index (κ2) is 6.75. The number of nitrogens with zero attached hydrogens (tertiary/aromatic N) is 2. The third kappa shape index (κ3) is 6.43. The van der Waals surface area contributed by atoms with Gasteiger partial charge in [0.25, 0.3) is 0 Å². The Morgan fingerprint density at radius 2 is 1.95 bits per heavy atom. The van der Waals surface area contributed by atoms with Crippen molar-refractivity contribution in [1.82, 2.24) is 10.2 Å². The number of alkyl halides is 3. The highest BCUT2D eigenvalue weighted by Gasteiger charge is 2.33. The molecule has 0 aliphatic heterocycles. The quantitative estimate of drug-likeness (QED) is 0.808. The molecular formula is C12H20F3N3O. The van der Waals surface area contributed by atoms with Crippen molar-refractivity contribution < 1.29 is 18.0 Å². The monoisotopic (exact) mass is 279 g/mol. The first kappa shape index (κ1) is 17.7. The molecule has 0 saturated heterocycles. The fourth-order valence-corrected chi connectivity index (χ4v) is 1.37. The van der Waals surface area contributed by atoms with E-state index in [2.05, 4.69) is 5.32 Å². The van der Waals surface area contributed by atoms with Crippen molar-refractivity contribution in [3.05, 3.63) is 0 Å². The highest BCUT2D eigenvalue weighted by atomic mass is 19.4. The zero-order chi connectivity index (χ0) is 15.3. The molecule has 0 rings (SSSR count). The molecule has 110 valence electrons. The number of nitriles is 1. The molecule has 0 aliphatic rings. The van der Waals surface area contributed by atoms with Gasteiger partial charge in [0.1, 0.15) is 5.54 Å². The highest BCUT2D eigenvalue weighted by Crippen LogP contribution is 2.17. The SMILES string of the molecule is CCN(CC(=O)N[C@@](C)(C#N)C(C)C)CC(F)(F)F. The molecular weight excluding hydrogens is 259 g/mol. The topological polar surface area (TPSA) is 56.1 Å². The smallest absolute Gasteiger partial charge is 0.337 e. The van der Waals surface area contributed by atoms with Crippen LogP contribution in [0.1, 0.15) is 27.7 Å². The van der Waals surface area contributed by atoms with Gasteiger partial charge in [-0.2, -0.15) is 18.4 Å². The van der Waals surface area contributed by atoms with E-state index >= 15 is 0 Å². The van der Waals surface area contributed by atoms with Gasteiger partial charge in [0.2, 0.25) is 5.91 Å². The molecule has 0 bridgehead atoms. The Labute approximate surface area is 111 Å². The average molecular weight is 279 g/mol. The van der Waals surface area contributed by atoms with Crippen molar-refractivity contribution in [3.8, 4) is 6.07 Å². The van der Waals surface area contributed by atoms with Crippen molar-refractivity contribution in [2.45, 2.75) is 39.4 Å². The summed E-state index contributed by atoms with van der Waals surface area (Å²) in [6, 6.07) is 1.98. The third-order valence-corrected chi connectivity index (χ3v) is 3.00. The fourth-order valence-electron chi connectivity index (χ4n) is 1.37. The van der Waals surface area contributed by atoms with E-state index in [1.165, 1.54) is 0 Å². The summed E-state index contributed by atoms with van der Waals surface area (Å²) in [6.07, 6.45) is -4.34. The summed E-state index contributed by atoms with van der Waals surface area (Å²) in [6.45, 7) is 5.22. The van der Waals surface area contributed by atoms with Crippen molar-refractivity contribution in [1.29, 1.82) is 5.26 Å². The van der Waals surface area contributed by atoms with Crippen LogP contribution in [-0.4, -0.2) is 42.2 Å². The van der Waals surface area contributed by atoms with Crippen LogP contribution in [0.15, 0.2) is 0 Å². The molecule has 0 radical (unpaired) electrons. The number of nitrogens with one attached hydrogen (secondary N) is 1. The van der Waals surface area contributed by atoms with Gasteiger partial charge in [0, 0.05) is 0 Å². The van der Waals surface area contributed by atoms with E-state index in [4.69, 9.17) is 5.26 Å². The molecule has 0 spiro atoms.